The van der Waals surface area contributed by atoms with Crippen LogP contribution < -0.4 is 5.32 Å². The van der Waals surface area contributed by atoms with Gasteiger partial charge in [-0.15, -0.1) is 0 Å². The van der Waals surface area contributed by atoms with Crippen molar-refractivity contribution in [1.29, 1.82) is 0 Å². The molecular formula is C14H27NO2. The lowest BCUT2D eigenvalue weighted by atomic mass is 10.1. The molecule has 0 radical (unpaired) electrons. The number of unbranched alkanes of at least 4 members (excludes halogenated alkanes) is 4. The molecule has 1 aliphatic rings. The predicted octanol–water partition coefficient (Wildman–Crippen LogP) is 3.03. The monoisotopic (exact) mass is 241 g/mol. The molecule has 1 fully saturated rings. The molecule has 17 heavy (non-hydrogen) atoms. The van der Waals surface area contributed by atoms with Gasteiger partial charge in [-0.25, -0.2) is 0 Å². The summed E-state index contributed by atoms with van der Waals surface area (Å²) < 4.78 is 5.29. The Hall–Kier alpha value is -0.570. The van der Waals surface area contributed by atoms with Gasteiger partial charge < -0.3 is 10.1 Å². The highest BCUT2D eigenvalue weighted by Crippen LogP contribution is 2.09. The summed E-state index contributed by atoms with van der Waals surface area (Å²) >= 11 is 0. The van der Waals surface area contributed by atoms with Gasteiger partial charge in [-0.2, -0.15) is 0 Å². The molecule has 0 aromatic rings. The Morgan fingerprint density at radius 3 is 2.76 bits per heavy atom. The van der Waals surface area contributed by atoms with Crippen LogP contribution in [-0.4, -0.2) is 25.2 Å². The van der Waals surface area contributed by atoms with E-state index < -0.39 is 0 Å². The highest BCUT2D eigenvalue weighted by Gasteiger charge is 2.14. The first kappa shape index (κ1) is 14.5. The molecule has 0 aromatic heterocycles. The third-order valence-corrected chi connectivity index (χ3v) is 3.34. The van der Waals surface area contributed by atoms with Crippen molar-refractivity contribution in [1.82, 2.24) is 5.32 Å². The fraction of sp³-hybridized carbons (Fsp3) is 0.929. The van der Waals surface area contributed by atoms with E-state index in [4.69, 9.17) is 4.74 Å². The van der Waals surface area contributed by atoms with Gasteiger partial charge in [0.1, 0.15) is 6.61 Å². The van der Waals surface area contributed by atoms with Crippen molar-refractivity contribution in [2.24, 2.45) is 0 Å². The lowest BCUT2D eigenvalue weighted by Gasteiger charge is -2.22. The number of carbonyl (C=O) groups is 1. The van der Waals surface area contributed by atoms with E-state index in [0.29, 0.717) is 19.1 Å². The largest absolute Gasteiger partial charge is 0.464 e. The quantitative estimate of drug-likeness (QED) is 0.524. The van der Waals surface area contributed by atoms with Crippen LogP contribution in [0.2, 0.25) is 0 Å². The number of hydrogen-bond donors (Lipinski definition) is 1. The van der Waals surface area contributed by atoms with Crippen LogP contribution in [0.5, 0.6) is 0 Å². The number of carbonyl (C=O) groups excluding carboxylic acids is 1. The van der Waals surface area contributed by atoms with Gasteiger partial charge in [-0.1, -0.05) is 39.0 Å². The number of nitrogens with one attached hydrogen (secondary N) is 1. The van der Waals surface area contributed by atoms with Crippen molar-refractivity contribution in [2.75, 3.05) is 13.2 Å². The maximum atomic E-state index is 11.5. The molecule has 1 rings (SSSR count). The van der Waals surface area contributed by atoms with Crippen molar-refractivity contribution >= 4 is 5.97 Å². The van der Waals surface area contributed by atoms with E-state index in [1.54, 1.807) is 0 Å². The van der Waals surface area contributed by atoms with Crippen molar-refractivity contribution in [2.45, 2.75) is 70.8 Å². The predicted molar refractivity (Wildman–Crippen MR) is 70.0 cm³/mol. The average molecular weight is 241 g/mol. The van der Waals surface area contributed by atoms with Crippen LogP contribution in [0.25, 0.3) is 0 Å². The topological polar surface area (TPSA) is 38.3 Å². The molecule has 1 N–H and O–H groups in total. The minimum atomic E-state index is -0.0196. The average Bonchev–Trinajstić information content (AvgIpc) is 2.37. The first-order valence-corrected chi connectivity index (χ1v) is 7.22. The van der Waals surface area contributed by atoms with Gasteiger partial charge in [0.15, 0.2) is 0 Å². The lowest BCUT2D eigenvalue weighted by molar-refractivity contribution is -0.144. The summed E-state index contributed by atoms with van der Waals surface area (Å²) in [6, 6.07) is 0.396. The van der Waals surface area contributed by atoms with Crippen LogP contribution in [0.3, 0.4) is 0 Å². The summed E-state index contributed by atoms with van der Waals surface area (Å²) in [5.41, 5.74) is 0. The molecule has 0 aromatic carbocycles. The zero-order valence-corrected chi connectivity index (χ0v) is 11.2. The fourth-order valence-electron chi connectivity index (χ4n) is 2.20. The second kappa shape index (κ2) is 9.46. The third kappa shape index (κ3) is 7.37. The molecule has 0 aliphatic carbocycles. The van der Waals surface area contributed by atoms with Gasteiger partial charge >= 0.3 is 5.97 Å². The fourth-order valence-corrected chi connectivity index (χ4v) is 2.20. The Morgan fingerprint density at radius 1 is 1.24 bits per heavy atom. The SMILES string of the molecule is CCCCCCCC(=O)OCC1CCCCN1. The molecule has 1 atom stereocenters. The second-order valence-corrected chi connectivity index (χ2v) is 4.99. The van der Waals surface area contributed by atoms with Gasteiger partial charge in [0, 0.05) is 12.5 Å². The lowest BCUT2D eigenvalue weighted by Crippen LogP contribution is -2.38. The summed E-state index contributed by atoms with van der Waals surface area (Å²) in [6.07, 6.45) is 10.2. The first-order valence-electron chi connectivity index (χ1n) is 7.22. The molecule has 1 unspecified atom stereocenters. The van der Waals surface area contributed by atoms with Crippen molar-refractivity contribution in [3.8, 4) is 0 Å². The van der Waals surface area contributed by atoms with Crippen molar-refractivity contribution in [3.05, 3.63) is 0 Å². The van der Waals surface area contributed by atoms with E-state index in [0.717, 1.165) is 25.8 Å². The summed E-state index contributed by atoms with van der Waals surface area (Å²) in [7, 11) is 0. The Balaban J connectivity index is 1.93. The third-order valence-electron chi connectivity index (χ3n) is 3.34. The number of rotatable bonds is 8. The van der Waals surface area contributed by atoms with Crippen LogP contribution in [0.4, 0.5) is 0 Å². The van der Waals surface area contributed by atoms with Crippen molar-refractivity contribution in [3.63, 3.8) is 0 Å². The summed E-state index contributed by atoms with van der Waals surface area (Å²) in [5.74, 6) is -0.0196. The van der Waals surface area contributed by atoms with E-state index in [2.05, 4.69) is 12.2 Å². The van der Waals surface area contributed by atoms with Crippen LogP contribution in [-0.2, 0) is 9.53 Å². The molecule has 3 heteroatoms. The molecule has 100 valence electrons. The summed E-state index contributed by atoms with van der Waals surface area (Å²) in [4.78, 5) is 11.5. The van der Waals surface area contributed by atoms with Gasteiger partial charge in [-0.3, -0.25) is 4.79 Å². The van der Waals surface area contributed by atoms with E-state index in [9.17, 15) is 4.79 Å². The van der Waals surface area contributed by atoms with Gasteiger partial charge in [0.25, 0.3) is 0 Å². The van der Waals surface area contributed by atoms with Gasteiger partial charge in [0.05, 0.1) is 0 Å². The highest BCUT2D eigenvalue weighted by molar-refractivity contribution is 5.69. The molecule has 1 aliphatic heterocycles. The Kier molecular flexibility index (Phi) is 8.06. The minimum Gasteiger partial charge on any atom is -0.464 e. The smallest absolute Gasteiger partial charge is 0.305 e. The maximum absolute atomic E-state index is 11.5. The van der Waals surface area contributed by atoms with Gasteiger partial charge in [0.2, 0.25) is 0 Å². The molecule has 0 bridgehead atoms. The standard InChI is InChI=1S/C14H27NO2/c1-2-3-4-5-6-10-14(16)17-12-13-9-7-8-11-15-13/h13,15H,2-12H2,1H3. The summed E-state index contributed by atoms with van der Waals surface area (Å²) in [5, 5.41) is 3.38. The number of hydrogen-bond acceptors (Lipinski definition) is 3. The summed E-state index contributed by atoms with van der Waals surface area (Å²) in [6.45, 7) is 3.83. The van der Waals surface area contributed by atoms with E-state index in [1.807, 2.05) is 0 Å². The van der Waals surface area contributed by atoms with E-state index >= 15 is 0 Å². The molecule has 3 nitrogen and oxygen atoms in total. The Bertz CT molecular complexity index is 200. The van der Waals surface area contributed by atoms with Crippen LogP contribution in [0.1, 0.15) is 64.7 Å². The number of esters is 1. The minimum absolute atomic E-state index is 0.0196. The molecule has 0 amide bonds. The van der Waals surface area contributed by atoms with Gasteiger partial charge in [-0.05, 0) is 25.8 Å². The Morgan fingerprint density at radius 2 is 2.06 bits per heavy atom. The number of piperidine rings is 1. The molecule has 1 heterocycles. The van der Waals surface area contributed by atoms with Crippen LogP contribution in [0.15, 0.2) is 0 Å². The van der Waals surface area contributed by atoms with Crippen LogP contribution >= 0.6 is 0 Å². The molecule has 0 spiro atoms. The van der Waals surface area contributed by atoms with Crippen LogP contribution in [0, 0.1) is 0 Å². The van der Waals surface area contributed by atoms with Crippen molar-refractivity contribution < 1.29 is 9.53 Å². The van der Waals surface area contributed by atoms with E-state index in [-0.39, 0.29) is 5.97 Å². The second-order valence-electron chi connectivity index (χ2n) is 4.99. The maximum Gasteiger partial charge on any atom is 0.305 e. The highest BCUT2D eigenvalue weighted by atomic mass is 16.5. The molecule has 0 saturated carbocycles. The zero-order chi connectivity index (χ0) is 12.3. The molecular weight excluding hydrogens is 214 g/mol. The molecule has 1 saturated heterocycles. The van der Waals surface area contributed by atoms with E-state index in [1.165, 1.54) is 32.1 Å². The number of ether oxygens (including phenoxy) is 1. The Labute approximate surface area is 105 Å². The normalized spacial score (nSPS) is 20.2. The zero-order valence-electron chi connectivity index (χ0n) is 11.2. The first-order chi connectivity index (χ1) is 8.33.